The third kappa shape index (κ3) is 3.47. The average Bonchev–Trinajstić information content (AvgIpc) is 2.39. The van der Waals surface area contributed by atoms with Gasteiger partial charge in [-0.1, -0.05) is 60.7 Å². The molecule has 100 valence electrons. The van der Waals surface area contributed by atoms with Gasteiger partial charge >= 0.3 is 0 Å². The summed E-state index contributed by atoms with van der Waals surface area (Å²) in [5.41, 5.74) is 0. The van der Waals surface area contributed by atoms with Crippen LogP contribution in [0.1, 0.15) is 0 Å². The van der Waals surface area contributed by atoms with E-state index in [-0.39, 0.29) is 5.90 Å². The molecule has 0 N–H and O–H groups in total. The highest BCUT2D eigenvalue weighted by Crippen LogP contribution is 2.56. The van der Waals surface area contributed by atoms with Crippen LogP contribution in [0.15, 0.2) is 60.7 Å². The van der Waals surface area contributed by atoms with Gasteiger partial charge in [0.25, 0.3) is 0 Å². The van der Waals surface area contributed by atoms with Gasteiger partial charge in [-0.15, -0.1) is 0 Å². The molecule has 0 saturated carbocycles. The van der Waals surface area contributed by atoms with Crippen molar-refractivity contribution in [3.8, 4) is 0 Å². The van der Waals surface area contributed by atoms with E-state index in [1.165, 1.54) is 0 Å². The number of benzene rings is 2. The Labute approximate surface area is 114 Å². The van der Waals surface area contributed by atoms with Gasteiger partial charge in [-0.3, -0.25) is 0 Å². The Kier molecular flexibility index (Phi) is 4.13. The summed E-state index contributed by atoms with van der Waals surface area (Å²) < 4.78 is 25.7. The molecular weight excluding hydrogens is 274 g/mol. The molecule has 2 nitrogen and oxygen atoms in total. The topological polar surface area (TPSA) is 34.1 Å². The highest BCUT2D eigenvalue weighted by Gasteiger charge is 2.31. The van der Waals surface area contributed by atoms with Crippen molar-refractivity contribution < 1.29 is 9.13 Å². The van der Waals surface area contributed by atoms with E-state index < -0.39 is 14.3 Å². The van der Waals surface area contributed by atoms with E-state index in [4.69, 9.17) is 0 Å². The van der Waals surface area contributed by atoms with E-state index in [0.29, 0.717) is 0 Å². The molecule has 0 aliphatic rings. The lowest BCUT2D eigenvalue weighted by atomic mass is 10.4. The lowest BCUT2D eigenvalue weighted by Crippen LogP contribution is -2.18. The Morgan fingerprint density at radius 3 is 1.42 bits per heavy atom. The smallest absolute Gasteiger partial charge is 0.150 e. The minimum atomic E-state index is -2.81. The van der Waals surface area contributed by atoms with Gasteiger partial charge in [0, 0.05) is 10.6 Å². The fraction of sp³-hybridized carbons (Fsp3) is 0.200. The van der Waals surface area contributed by atoms with E-state index in [1.54, 1.807) is 13.3 Å². The molecular formula is C15H18O2P2. The molecule has 0 radical (unpaired) electrons. The maximum absolute atomic E-state index is 13.5. The lowest BCUT2D eigenvalue weighted by Gasteiger charge is -2.21. The van der Waals surface area contributed by atoms with Crippen LogP contribution in [-0.2, 0) is 9.13 Å². The molecule has 2 aromatic rings. The minimum absolute atomic E-state index is 0.244. The van der Waals surface area contributed by atoms with Gasteiger partial charge in [0.05, 0.1) is 13.0 Å². The summed E-state index contributed by atoms with van der Waals surface area (Å²) in [5, 5.41) is 1.57. The highest BCUT2D eigenvalue weighted by atomic mass is 31.2. The molecule has 0 unspecified atom stereocenters. The Morgan fingerprint density at radius 1 is 0.737 bits per heavy atom. The van der Waals surface area contributed by atoms with Gasteiger partial charge < -0.3 is 9.13 Å². The van der Waals surface area contributed by atoms with Crippen LogP contribution in [0, 0.1) is 0 Å². The van der Waals surface area contributed by atoms with Gasteiger partial charge in [0.15, 0.2) is 0 Å². The first-order valence-corrected chi connectivity index (χ1v) is 10.8. The van der Waals surface area contributed by atoms with E-state index in [9.17, 15) is 9.13 Å². The summed E-state index contributed by atoms with van der Waals surface area (Å²) in [6.45, 7) is 3.40. The zero-order valence-electron chi connectivity index (χ0n) is 11.2. The molecule has 0 aromatic heterocycles. The Morgan fingerprint density at radius 2 is 1.11 bits per heavy atom. The van der Waals surface area contributed by atoms with Crippen LogP contribution >= 0.6 is 14.3 Å². The fourth-order valence-electron chi connectivity index (χ4n) is 2.13. The SMILES string of the molecule is CP(C)(=O)CP(=O)(c1ccccc1)c1ccccc1. The van der Waals surface area contributed by atoms with E-state index in [0.717, 1.165) is 10.6 Å². The summed E-state index contributed by atoms with van der Waals surface area (Å²) in [4.78, 5) is 0. The zero-order valence-corrected chi connectivity index (χ0v) is 13.0. The average molecular weight is 292 g/mol. The summed E-state index contributed by atoms with van der Waals surface area (Å²) in [6.07, 6.45) is 0. The predicted molar refractivity (Wildman–Crippen MR) is 84.1 cm³/mol. The Hall–Kier alpha value is -1.10. The number of hydrogen-bond acceptors (Lipinski definition) is 2. The number of rotatable bonds is 4. The first-order chi connectivity index (χ1) is 8.92. The predicted octanol–water partition coefficient (Wildman–Crippen LogP) is 3.58. The molecule has 0 aliphatic carbocycles. The Balaban J connectivity index is 2.58. The number of hydrogen-bond donors (Lipinski definition) is 0. The molecule has 0 bridgehead atoms. The quantitative estimate of drug-likeness (QED) is 0.807. The van der Waals surface area contributed by atoms with E-state index in [1.807, 2.05) is 60.7 Å². The molecule has 2 aromatic carbocycles. The minimum Gasteiger partial charge on any atom is -0.324 e. The second kappa shape index (κ2) is 5.49. The van der Waals surface area contributed by atoms with Crippen LogP contribution in [0.4, 0.5) is 0 Å². The second-order valence-corrected chi connectivity index (χ2v) is 11.9. The van der Waals surface area contributed by atoms with Gasteiger partial charge in [0.2, 0.25) is 0 Å². The maximum Gasteiger partial charge on any atom is 0.150 e. The van der Waals surface area contributed by atoms with Crippen molar-refractivity contribution in [2.75, 3.05) is 19.2 Å². The highest BCUT2D eigenvalue weighted by molar-refractivity contribution is 7.88. The molecule has 0 aliphatic heterocycles. The summed E-state index contributed by atoms with van der Waals surface area (Å²) in [5.74, 6) is 0.244. The van der Waals surface area contributed by atoms with Gasteiger partial charge in [-0.25, -0.2) is 0 Å². The molecule has 0 amide bonds. The van der Waals surface area contributed by atoms with Crippen LogP contribution in [0.2, 0.25) is 0 Å². The summed E-state index contributed by atoms with van der Waals surface area (Å²) in [7, 11) is -5.19. The van der Waals surface area contributed by atoms with E-state index >= 15 is 0 Å². The standard InChI is InChI=1S/C15H18O2P2/c1-18(2,16)13-19(17,14-9-5-3-6-10-14)15-11-7-4-8-12-15/h3-12H,13H2,1-2H3. The third-order valence-corrected chi connectivity index (χ3v) is 9.47. The lowest BCUT2D eigenvalue weighted by molar-refractivity contribution is 0.579. The zero-order chi connectivity index (χ0) is 13.9. The molecule has 0 heterocycles. The van der Waals surface area contributed by atoms with Gasteiger partial charge in [0.1, 0.15) is 7.14 Å². The van der Waals surface area contributed by atoms with Crippen molar-refractivity contribution in [2.45, 2.75) is 0 Å². The van der Waals surface area contributed by atoms with Crippen molar-refractivity contribution in [1.29, 1.82) is 0 Å². The fourth-order valence-corrected chi connectivity index (χ4v) is 8.88. The van der Waals surface area contributed by atoms with Gasteiger partial charge in [-0.2, -0.15) is 0 Å². The molecule has 0 spiro atoms. The second-order valence-electron chi connectivity index (χ2n) is 5.13. The van der Waals surface area contributed by atoms with Crippen LogP contribution in [0.3, 0.4) is 0 Å². The van der Waals surface area contributed by atoms with Crippen LogP contribution < -0.4 is 10.6 Å². The van der Waals surface area contributed by atoms with Crippen molar-refractivity contribution in [3.63, 3.8) is 0 Å². The van der Waals surface area contributed by atoms with Crippen molar-refractivity contribution >= 4 is 24.9 Å². The normalized spacial score (nSPS) is 12.3. The van der Waals surface area contributed by atoms with Crippen molar-refractivity contribution in [3.05, 3.63) is 60.7 Å². The molecule has 0 atom stereocenters. The molecule has 4 heteroatoms. The first-order valence-electron chi connectivity index (χ1n) is 6.16. The van der Waals surface area contributed by atoms with Gasteiger partial charge in [-0.05, 0) is 13.3 Å². The van der Waals surface area contributed by atoms with Crippen LogP contribution in [-0.4, -0.2) is 19.2 Å². The molecule has 2 rings (SSSR count). The largest absolute Gasteiger partial charge is 0.324 e. The monoisotopic (exact) mass is 292 g/mol. The molecule has 0 saturated heterocycles. The van der Waals surface area contributed by atoms with Crippen molar-refractivity contribution in [2.24, 2.45) is 0 Å². The molecule has 0 fully saturated rings. The molecule has 19 heavy (non-hydrogen) atoms. The van der Waals surface area contributed by atoms with Crippen LogP contribution in [0.5, 0.6) is 0 Å². The van der Waals surface area contributed by atoms with Crippen LogP contribution in [0.25, 0.3) is 0 Å². The van der Waals surface area contributed by atoms with E-state index in [2.05, 4.69) is 0 Å². The summed E-state index contributed by atoms with van der Waals surface area (Å²) in [6, 6.07) is 18.8. The Bertz CT molecular complexity index is 586. The van der Waals surface area contributed by atoms with Crippen molar-refractivity contribution in [1.82, 2.24) is 0 Å². The first kappa shape index (κ1) is 14.3. The third-order valence-electron chi connectivity index (χ3n) is 2.89. The summed E-state index contributed by atoms with van der Waals surface area (Å²) >= 11 is 0. The maximum atomic E-state index is 13.5.